The van der Waals surface area contributed by atoms with Crippen LogP contribution in [0.25, 0.3) is 33.6 Å². The van der Waals surface area contributed by atoms with E-state index in [4.69, 9.17) is 19.8 Å². The number of carbonyl (C=O) groups excluding carboxylic acids is 2. The molecule has 15 nitrogen and oxygen atoms in total. The molecule has 3 heterocycles. The van der Waals surface area contributed by atoms with Crippen molar-refractivity contribution in [3.05, 3.63) is 144 Å². The maximum Gasteiger partial charge on any atom is 0.290 e. The summed E-state index contributed by atoms with van der Waals surface area (Å²) < 4.78 is 0. The first-order valence-electron chi connectivity index (χ1n) is 20.4. The Labute approximate surface area is 370 Å². The zero-order valence-electron chi connectivity index (χ0n) is 36.7. The van der Waals surface area contributed by atoms with Gasteiger partial charge in [-0.1, -0.05) is 116 Å². The SMILES string of the molecule is CCCN(C)Cc1ncc(-c2ccc(-c3ccc(-c4cnc(C5CC(O)CN5C)[nH]4)cc3)cc2)[nH]1.CN.CNC(C=O)c1ccccc1.O=CCc1ccccc1.O=CO.O=CO. The van der Waals surface area contributed by atoms with Gasteiger partial charge < -0.3 is 45.9 Å². The molecule has 1 saturated heterocycles. The highest BCUT2D eigenvalue weighted by Crippen LogP contribution is 2.31. The molecule has 8 N–H and O–H groups in total. The second-order valence-electron chi connectivity index (χ2n) is 14.0. The van der Waals surface area contributed by atoms with E-state index < -0.39 is 0 Å². The zero-order chi connectivity index (χ0) is 46.4. The third kappa shape index (κ3) is 18.1. The van der Waals surface area contributed by atoms with Crippen LogP contribution in [0.2, 0.25) is 0 Å². The van der Waals surface area contributed by atoms with Gasteiger partial charge in [0.15, 0.2) is 0 Å². The van der Waals surface area contributed by atoms with E-state index in [9.17, 15) is 14.7 Å². The summed E-state index contributed by atoms with van der Waals surface area (Å²) in [6.45, 7) is 4.27. The Morgan fingerprint density at radius 3 is 1.75 bits per heavy atom. The number of aliphatic hydroxyl groups excluding tert-OH is 1. The molecule has 3 atom stereocenters. The molecule has 4 aromatic carbocycles. The molecule has 0 saturated carbocycles. The fourth-order valence-electron chi connectivity index (χ4n) is 6.62. The molecule has 6 aromatic rings. The number of β-amino-alcohol motifs (C(OH)–C–C–N with tert-alkyl or cyclic N) is 1. The maximum absolute atomic E-state index is 10.5. The molecule has 0 bridgehead atoms. The van der Waals surface area contributed by atoms with E-state index in [2.05, 4.69) is 103 Å². The normalized spacial score (nSPS) is 14.2. The number of nitrogens with one attached hydrogen (secondary N) is 3. The lowest BCUT2D eigenvalue weighted by Crippen LogP contribution is -2.20. The van der Waals surface area contributed by atoms with Crippen LogP contribution in [0, 0.1) is 0 Å². The van der Waals surface area contributed by atoms with Crippen molar-refractivity contribution in [3.63, 3.8) is 0 Å². The van der Waals surface area contributed by atoms with Gasteiger partial charge in [-0.3, -0.25) is 19.4 Å². The number of nitrogens with two attached hydrogens (primary N) is 1. The van der Waals surface area contributed by atoms with E-state index >= 15 is 0 Å². The number of imidazole rings is 2. The van der Waals surface area contributed by atoms with Gasteiger partial charge in [-0.2, -0.15) is 0 Å². The molecule has 1 fully saturated rings. The van der Waals surface area contributed by atoms with Crippen molar-refractivity contribution in [2.75, 3.05) is 41.3 Å². The number of carbonyl (C=O) groups is 4. The number of aromatic amines is 2. The predicted molar refractivity (Wildman–Crippen MR) is 248 cm³/mol. The number of benzene rings is 4. The fourth-order valence-corrected chi connectivity index (χ4v) is 6.62. The Kier molecular flexibility index (Phi) is 25.4. The summed E-state index contributed by atoms with van der Waals surface area (Å²) in [5.41, 5.74) is 13.2. The second kappa shape index (κ2) is 30.4. The lowest BCUT2D eigenvalue weighted by Gasteiger charge is -2.16. The van der Waals surface area contributed by atoms with Gasteiger partial charge in [-0.15, -0.1) is 0 Å². The Morgan fingerprint density at radius 2 is 1.29 bits per heavy atom. The molecular weight excluding hydrogens is 801 g/mol. The minimum atomic E-state index is -0.285. The van der Waals surface area contributed by atoms with Crippen molar-refractivity contribution >= 4 is 25.5 Å². The molecule has 0 radical (unpaired) electrons. The highest BCUT2D eigenvalue weighted by atomic mass is 16.3. The minimum absolute atomic E-state index is 0.139. The first-order chi connectivity index (χ1) is 30.6. The third-order valence-corrected chi connectivity index (χ3v) is 9.58. The number of hydrogen-bond acceptors (Lipinski definition) is 11. The summed E-state index contributed by atoms with van der Waals surface area (Å²) in [7, 11) is 7.42. The van der Waals surface area contributed by atoms with Crippen LogP contribution < -0.4 is 11.1 Å². The molecule has 0 aliphatic carbocycles. The highest BCUT2D eigenvalue weighted by molar-refractivity contribution is 5.71. The van der Waals surface area contributed by atoms with Gasteiger partial charge in [-0.05, 0) is 81.0 Å². The molecule has 2 aromatic heterocycles. The van der Waals surface area contributed by atoms with Crippen molar-refractivity contribution < 1.29 is 34.5 Å². The van der Waals surface area contributed by atoms with Crippen LogP contribution in [0.1, 0.15) is 54.6 Å². The van der Waals surface area contributed by atoms with E-state index in [0.29, 0.717) is 19.4 Å². The summed E-state index contributed by atoms with van der Waals surface area (Å²) in [5.74, 6) is 1.91. The lowest BCUT2D eigenvalue weighted by atomic mass is 10.0. The summed E-state index contributed by atoms with van der Waals surface area (Å²) in [6, 6.07) is 36.4. The van der Waals surface area contributed by atoms with E-state index in [1.807, 2.05) is 80.1 Å². The summed E-state index contributed by atoms with van der Waals surface area (Å²) in [5, 5.41) is 26.6. The first kappa shape index (κ1) is 52.5. The number of aldehydes is 2. The number of nitrogens with zero attached hydrogens (tertiary/aromatic N) is 4. The molecule has 0 amide bonds. The zero-order valence-corrected chi connectivity index (χ0v) is 36.7. The molecule has 336 valence electrons. The largest absolute Gasteiger partial charge is 0.483 e. The number of hydrogen-bond donors (Lipinski definition) is 7. The molecule has 0 spiro atoms. The van der Waals surface area contributed by atoms with Crippen LogP contribution in [-0.2, 0) is 32.1 Å². The van der Waals surface area contributed by atoms with Crippen LogP contribution in [0.4, 0.5) is 0 Å². The molecule has 3 unspecified atom stereocenters. The van der Waals surface area contributed by atoms with E-state index in [0.717, 1.165) is 77.4 Å². The first-order valence-corrected chi connectivity index (χ1v) is 20.4. The quantitative estimate of drug-likeness (QED) is 0.0637. The summed E-state index contributed by atoms with van der Waals surface area (Å²) in [6.07, 6.45) is 7.71. The number of aliphatic hydroxyl groups is 1. The van der Waals surface area contributed by atoms with E-state index in [1.165, 1.54) is 18.2 Å². The van der Waals surface area contributed by atoms with Gasteiger partial charge in [-0.25, -0.2) is 9.97 Å². The number of rotatable bonds is 13. The average Bonchev–Trinajstić information content (AvgIpc) is 4.07. The molecular formula is C48H62N8O7. The number of H-pyrrole nitrogens is 2. The summed E-state index contributed by atoms with van der Waals surface area (Å²) >= 11 is 0. The highest BCUT2D eigenvalue weighted by Gasteiger charge is 2.31. The molecule has 1 aliphatic heterocycles. The van der Waals surface area contributed by atoms with Crippen LogP contribution in [0.5, 0.6) is 0 Å². The molecule has 63 heavy (non-hydrogen) atoms. The number of likely N-dealkylation sites (N-methyl/N-ethyl adjacent to an activating group) is 2. The Morgan fingerprint density at radius 1 is 0.794 bits per heavy atom. The topological polar surface area (TPSA) is 231 Å². The third-order valence-electron chi connectivity index (χ3n) is 9.58. The van der Waals surface area contributed by atoms with E-state index in [1.54, 1.807) is 7.05 Å². The average molecular weight is 863 g/mol. The Bertz CT molecular complexity index is 2120. The Hall–Kier alpha value is -6.62. The smallest absolute Gasteiger partial charge is 0.290 e. The standard InChI is InChI=1S/C28H34N6O.C9H11NO.C8H8O.CH5N.2CH2O2/c1-4-13-33(2)18-27-29-15-24(31-27)21-9-5-19(6-10-21)20-7-11-22(12-8-20)25-16-30-28(32-25)26-14-23(35)17-34(26)3;1-10-9(7-11)8-5-3-2-4-6-8;9-7-6-8-4-2-1-3-5-8;1-2;2*2-1-3/h5-12,15-16,23,26,35H,4,13-14,17-18H2,1-3H3,(H,29,31)(H,30,32);2-7,9-10H,1H3;1-5,7H,6H2;2H2,1H3;2*1H,(H,2,3). The summed E-state index contributed by atoms with van der Waals surface area (Å²) in [4.78, 5) is 57.6. The van der Waals surface area contributed by atoms with Gasteiger partial charge >= 0.3 is 0 Å². The second-order valence-corrected chi connectivity index (χ2v) is 14.0. The minimum Gasteiger partial charge on any atom is -0.483 e. The van der Waals surface area contributed by atoms with Gasteiger partial charge in [0.25, 0.3) is 12.9 Å². The number of carboxylic acid groups (broad SMARTS) is 2. The lowest BCUT2D eigenvalue weighted by molar-refractivity contribution is -0.123. The van der Waals surface area contributed by atoms with Crippen molar-refractivity contribution in [1.82, 2.24) is 35.1 Å². The van der Waals surface area contributed by atoms with Gasteiger partial charge in [0.1, 0.15) is 24.2 Å². The van der Waals surface area contributed by atoms with Crippen LogP contribution in [-0.4, -0.2) is 118 Å². The number of likely N-dealkylation sites (tertiary alicyclic amines) is 1. The van der Waals surface area contributed by atoms with Crippen LogP contribution in [0.15, 0.2) is 122 Å². The monoisotopic (exact) mass is 862 g/mol. The van der Waals surface area contributed by atoms with Crippen molar-refractivity contribution in [3.8, 4) is 33.6 Å². The van der Waals surface area contributed by atoms with Gasteiger partial charge in [0, 0.05) is 13.0 Å². The van der Waals surface area contributed by atoms with Crippen molar-refractivity contribution in [2.45, 2.75) is 50.9 Å². The predicted octanol–water partition coefficient (Wildman–Crippen LogP) is 6.26. The van der Waals surface area contributed by atoms with Gasteiger partial charge in [0.05, 0.1) is 48.5 Å². The fraction of sp³-hybridized carbons (Fsp3) is 0.292. The molecule has 1 aliphatic rings. The molecule has 15 heteroatoms. The van der Waals surface area contributed by atoms with Crippen LogP contribution >= 0.6 is 0 Å². The maximum atomic E-state index is 10.5. The van der Waals surface area contributed by atoms with Crippen molar-refractivity contribution in [1.29, 1.82) is 0 Å². The van der Waals surface area contributed by atoms with Crippen LogP contribution in [0.3, 0.4) is 0 Å². The van der Waals surface area contributed by atoms with Crippen molar-refractivity contribution in [2.24, 2.45) is 5.73 Å². The molecule has 7 rings (SSSR count). The van der Waals surface area contributed by atoms with E-state index in [-0.39, 0.29) is 31.1 Å². The number of aromatic nitrogens is 4. The Balaban J connectivity index is 0.000000396. The van der Waals surface area contributed by atoms with Gasteiger partial charge in [0.2, 0.25) is 0 Å².